The first-order valence-electron chi connectivity index (χ1n) is 41.1. The molecular formula is C83H161NO5. The van der Waals surface area contributed by atoms with Crippen LogP contribution in [0, 0.1) is 0 Å². The second kappa shape index (κ2) is 78.8. The maximum Gasteiger partial charge on any atom is 0.305 e. The number of carbonyl (C=O) groups excluding carboxylic acids is 2. The summed E-state index contributed by atoms with van der Waals surface area (Å²) in [5.41, 5.74) is 0. The quantitative estimate of drug-likeness (QED) is 0.0320. The first-order valence-corrected chi connectivity index (χ1v) is 41.1. The van der Waals surface area contributed by atoms with E-state index in [9.17, 15) is 19.8 Å². The Balaban J connectivity index is 3.33. The minimum atomic E-state index is -0.662. The molecule has 3 N–H and O–H groups in total. The van der Waals surface area contributed by atoms with Crippen LogP contribution in [0.4, 0.5) is 0 Å². The van der Waals surface area contributed by atoms with Gasteiger partial charge in [0, 0.05) is 12.8 Å². The SMILES string of the molecule is CCCC/C=C\C/C=C\CCCCCCCC(=O)OCCCCCCCCCCCCCCCCCCCCCCCCCCCCCCCCCCCC(=O)NC(CO)C(O)CCCCCCCCCCCCCCCCCCCCCCCCCCC. The zero-order valence-corrected chi connectivity index (χ0v) is 60.7. The third-order valence-electron chi connectivity index (χ3n) is 19.5. The molecule has 0 aromatic carbocycles. The summed E-state index contributed by atoms with van der Waals surface area (Å²) < 4.78 is 5.49. The molecule has 0 spiro atoms. The van der Waals surface area contributed by atoms with Crippen molar-refractivity contribution in [3.63, 3.8) is 0 Å². The minimum absolute atomic E-state index is 0.00803. The van der Waals surface area contributed by atoms with Crippen LogP contribution in [0.3, 0.4) is 0 Å². The smallest absolute Gasteiger partial charge is 0.305 e. The van der Waals surface area contributed by atoms with E-state index in [1.54, 1.807) is 0 Å². The van der Waals surface area contributed by atoms with E-state index in [-0.39, 0.29) is 18.5 Å². The van der Waals surface area contributed by atoms with Gasteiger partial charge in [0.25, 0.3) is 0 Å². The number of aliphatic hydroxyl groups excluding tert-OH is 2. The number of hydrogen-bond acceptors (Lipinski definition) is 5. The van der Waals surface area contributed by atoms with Gasteiger partial charge < -0.3 is 20.3 Å². The van der Waals surface area contributed by atoms with Crippen molar-refractivity contribution in [2.24, 2.45) is 0 Å². The predicted molar refractivity (Wildman–Crippen MR) is 393 cm³/mol. The van der Waals surface area contributed by atoms with Crippen LogP contribution in [0.5, 0.6) is 0 Å². The Labute approximate surface area is 558 Å². The first kappa shape index (κ1) is 87.3. The molecule has 0 aromatic heterocycles. The number of unbranched alkanes of at least 4 members (excludes halogenated alkanes) is 63. The van der Waals surface area contributed by atoms with Crippen LogP contribution in [-0.2, 0) is 14.3 Å². The van der Waals surface area contributed by atoms with E-state index < -0.39 is 12.1 Å². The van der Waals surface area contributed by atoms with E-state index in [4.69, 9.17) is 4.74 Å². The van der Waals surface area contributed by atoms with E-state index in [2.05, 4.69) is 43.5 Å². The molecule has 89 heavy (non-hydrogen) atoms. The molecule has 0 aliphatic heterocycles. The molecule has 1 amide bonds. The summed E-state index contributed by atoms with van der Waals surface area (Å²) in [5.74, 6) is -0.0160. The van der Waals surface area contributed by atoms with Crippen LogP contribution in [-0.4, -0.2) is 47.4 Å². The Hall–Kier alpha value is -1.66. The minimum Gasteiger partial charge on any atom is -0.466 e. The molecule has 6 heteroatoms. The lowest BCUT2D eigenvalue weighted by molar-refractivity contribution is -0.143. The molecule has 0 aliphatic carbocycles. The van der Waals surface area contributed by atoms with Gasteiger partial charge in [-0.1, -0.05) is 430 Å². The van der Waals surface area contributed by atoms with Gasteiger partial charge in [-0.15, -0.1) is 0 Å². The number of ether oxygens (including phenoxy) is 1. The highest BCUT2D eigenvalue weighted by Gasteiger charge is 2.20. The highest BCUT2D eigenvalue weighted by molar-refractivity contribution is 5.76. The Morgan fingerprint density at radius 2 is 0.573 bits per heavy atom. The van der Waals surface area contributed by atoms with Crippen molar-refractivity contribution in [1.82, 2.24) is 5.32 Å². The Morgan fingerprint density at radius 3 is 0.888 bits per heavy atom. The molecule has 0 bridgehead atoms. The molecule has 0 aliphatic rings. The molecule has 0 fully saturated rings. The molecule has 0 aromatic rings. The van der Waals surface area contributed by atoms with Crippen LogP contribution >= 0.6 is 0 Å². The van der Waals surface area contributed by atoms with Crippen LogP contribution in [0.1, 0.15) is 470 Å². The second-order valence-corrected chi connectivity index (χ2v) is 28.5. The van der Waals surface area contributed by atoms with Crippen LogP contribution in [0.2, 0.25) is 0 Å². The van der Waals surface area contributed by atoms with E-state index in [1.807, 2.05) is 0 Å². The lowest BCUT2D eigenvalue weighted by Gasteiger charge is -2.22. The second-order valence-electron chi connectivity index (χ2n) is 28.5. The van der Waals surface area contributed by atoms with Gasteiger partial charge in [0.05, 0.1) is 25.4 Å². The van der Waals surface area contributed by atoms with Crippen molar-refractivity contribution >= 4 is 11.9 Å². The number of allylic oxidation sites excluding steroid dienone is 4. The van der Waals surface area contributed by atoms with Gasteiger partial charge in [0.2, 0.25) is 5.91 Å². The highest BCUT2D eigenvalue weighted by Crippen LogP contribution is 2.21. The van der Waals surface area contributed by atoms with E-state index >= 15 is 0 Å². The van der Waals surface area contributed by atoms with Crippen molar-refractivity contribution in [3.05, 3.63) is 24.3 Å². The van der Waals surface area contributed by atoms with E-state index in [0.717, 1.165) is 51.4 Å². The normalized spacial score (nSPS) is 12.5. The molecule has 2 atom stereocenters. The number of nitrogens with one attached hydrogen (secondary N) is 1. The van der Waals surface area contributed by atoms with Gasteiger partial charge in [-0.05, 0) is 51.4 Å². The van der Waals surface area contributed by atoms with Crippen molar-refractivity contribution in [2.45, 2.75) is 482 Å². The summed E-state index contributed by atoms with van der Waals surface area (Å²) in [6, 6.07) is -0.539. The number of aliphatic hydroxyl groups is 2. The maximum absolute atomic E-state index is 12.6. The summed E-state index contributed by atoms with van der Waals surface area (Å²) in [4.78, 5) is 24.7. The van der Waals surface area contributed by atoms with Gasteiger partial charge in [-0.2, -0.15) is 0 Å². The summed E-state index contributed by atoms with van der Waals surface area (Å²) in [5, 5.41) is 23.5. The van der Waals surface area contributed by atoms with Crippen LogP contribution in [0.15, 0.2) is 24.3 Å². The fourth-order valence-electron chi connectivity index (χ4n) is 13.3. The molecule has 0 rings (SSSR count). The molecule has 6 nitrogen and oxygen atoms in total. The number of amides is 1. The zero-order valence-electron chi connectivity index (χ0n) is 60.7. The summed E-state index contributed by atoms with van der Waals surface area (Å²) in [6.45, 7) is 4.96. The monoisotopic (exact) mass is 1250 g/mol. The lowest BCUT2D eigenvalue weighted by atomic mass is 10.0. The van der Waals surface area contributed by atoms with Crippen LogP contribution < -0.4 is 5.32 Å². The Kier molecular flexibility index (Phi) is 77.3. The topological polar surface area (TPSA) is 95.9 Å². The summed E-state index contributed by atoms with van der Waals surface area (Å²) in [6.07, 6.45) is 101. The average Bonchev–Trinajstić information content (AvgIpc) is 3.68. The van der Waals surface area contributed by atoms with Gasteiger partial charge in [-0.25, -0.2) is 0 Å². The number of hydrogen-bond donors (Lipinski definition) is 3. The Bertz CT molecular complexity index is 1400. The molecule has 0 saturated heterocycles. The highest BCUT2D eigenvalue weighted by atomic mass is 16.5. The third-order valence-corrected chi connectivity index (χ3v) is 19.5. The zero-order chi connectivity index (χ0) is 64.2. The number of esters is 1. The molecule has 528 valence electrons. The van der Waals surface area contributed by atoms with Gasteiger partial charge >= 0.3 is 5.97 Å². The van der Waals surface area contributed by atoms with Crippen molar-refractivity contribution in [1.29, 1.82) is 0 Å². The number of carbonyl (C=O) groups is 2. The fraction of sp³-hybridized carbons (Fsp3) is 0.928. The lowest BCUT2D eigenvalue weighted by Crippen LogP contribution is -2.45. The number of rotatable bonds is 78. The summed E-state index contributed by atoms with van der Waals surface area (Å²) in [7, 11) is 0. The third kappa shape index (κ3) is 75.3. The van der Waals surface area contributed by atoms with Crippen molar-refractivity contribution in [2.75, 3.05) is 13.2 Å². The molecule has 0 heterocycles. The van der Waals surface area contributed by atoms with Crippen molar-refractivity contribution < 1.29 is 24.5 Å². The first-order chi connectivity index (χ1) is 44.0. The fourth-order valence-corrected chi connectivity index (χ4v) is 13.3. The predicted octanol–water partition coefficient (Wildman–Crippen LogP) is 27.2. The molecule has 0 saturated carbocycles. The molecule has 2 unspecified atom stereocenters. The Morgan fingerprint density at radius 1 is 0.315 bits per heavy atom. The van der Waals surface area contributed by atoms with E-state index in [0.29, 0.717) is 25.9 Å². The molecular weight excluding hydrogens is 1090 g/mol. The van der Waals surface area contributed by atoms with E-state index in [1.165, 1.54) is 385 Å². The molecule has 0 radical (unpaired) electrons. The van der Waals surface area contributed by atoms with Crippen LogP contribution in [0.25, 0.3) is 0 Å². The van der Waals surface area contributed by atoms with Crippen molar-refractivity contribution in [3.8, 4) is 0 Å². The average molecular weight is 1250 g/mol. The van der Waals surface area contributed by atoms with Gasteiger partial charge in [-0.3, -0.25) is 9.59 Å². The van der Waals surface area contributed by atoms with Gasteiger partial charge in [0.15, 0.2) is 0 Å². The summed E-state index contributed by atoms with van der Waals surface area (Å²) >= 11 is 0. The largest absolute Gasteiger partial charge is 0.466 e. The standard InChI is InChI=1S/C83H161NO5/c1-3-5-7-9-11-13-15-17-19-20-21-22-23-33-36-39-42-45-48-51-55-59-63-67-71-75-81(86)80(79-85)84-82(87)76-72-68-64-60-56-52-49-46-43-40-37-34-31-29-27-25-24-26-28-30-32-35-38-41-44-47-50-54-58-62-66-70-74-78-89-83(88)77-73-69-65-61-57-53-18-16-14-12-10-8-6-4-2/h10,12,16,18,80-81,85-86H,3-9,11,13-15,17,19-79H2,1-2H3,(H,84,87)/b12-10-,18-16-. The maximum atomic E-state index is 12.6. The van der Waals surface area contributed by atoms with Gasteiger partial charge in [0.1, 0.15) is 0 Å².